The van der Waals surface area contributed by atoms with Crippen LogP contribution in [0.15, 0.2) is 42.5 Å². The van der Waals surface area contributed by atoms with Crippen LogP contribution in [0.3, 0.4) is 0 Å². The van der Waals surface area contributed by atoms with Gasteiger partial charge in [0.2, 0.25) is 0 Å². The highest BCUT2D eigenvalue weighted by Gasteiger charge is 2.33. The van der Waals surface area contributed by atoms with Crippen LogP contribution < -0.4 is 4.90 Å². The summed E-state index contributed by atoms with van der Waals surface area (Å²) < 4.78 is 6.97. The van der Waals surface area contributed by atoms with E-state index in [2.05, 4.69) is 57.8 Å². The number of hydrogen-bond donors (Lipinski definition) is 1. The molecule has 24 heavy (non-hydrogen) atoms. The maximum absolute atomic E-state index is 10.2. The summed E-state index contributed by atoms with van der Waals surface area (Å²) in [7, 11) is 0. The molecule has 128 valence electrons. The van der Waals surface area contributed by atoms with Crippen LogP contribution in [0.1, 0.15) is 25.1 Å². The molecule has 5 heteroatoms. The Morgan fingerprint density at radius 2 is 1.96 bits per heavy atom. The monoisotopic (exact) mass is 438 g/mol. The fourth-order valence-corrected chi connectivity index (χ4v) is 3.48. The van der Waals surface area contributed by atoms with E-state index in [0.717, 1.165) is 21.5 Å². The molecule has 4 nitrogen and oxygen atoms in total. The van der Waals surface area contributed by atoms with Crippen molar-refractivity contribution in [2.75, 3.05) is 18.0 Å². The normalized spacial score (nSPS) is 20.8. The van der Waals surface area contributed by atoms with E-state index in [0.29, 0.717) is 13.1 Å². The van der Waals surface area contributed by atoms with Gasteiger partial charge >= 0.3 is 0 Å². The van der Waals surface area contributed by atoms with Crippen molar-refractivity contribution in [3.05, 3.63) is 57.3 Å². The summed E-state index contributed by atoms with van der Waals surface area (Å²) in [6.07, 6.45) is 0.313. The van der Waals surface area contributed by atoms with Gasteiger partial charge in [0.25, 0.3) is 0 Å². The molecule has 1 saturated heterocycles. The zero-order chi connectivity index (χ0) is 17.1. The first-order chi connectivity index (χ1) is 11.5. The fourth-order valence-electron chi connectivity index (χ4n) is 2.99. The predicted octanol–water partition coefficient (Wildman–Crippen LogP) is 3.25. The summed E-state index contributed by atoms with van der Waals surface area (Å²) in [4.78, 5) is 6.96. The number of anilines is 1. The smallest absolute Gasteiger partial charge is 0.129 e. The summed E-state index contributed by atoms with van der Waals surface area (Å²) in [6, 6.07) is 14.5. The summed E-state index contributed by atoms with van der Waals surface area (Å²) in [5.74, 6) is 0.912. The van der Waals surface area contributed by atoms with Gasteiger partial charge in [-0.05, 0) is 54.1 Å². The lowest BCUT2D eigenvalue weighted by Gasteiger charge is -2.19. The van der Waals surface area contributed by atoms with E-state index in [1.54, 1.807) is 0 Å². The second-order valence-electron chi connectivity index (χ2n) is 6.46. The molecule has 0 spiro atoms. The van der Waals surface area contributed by atoms with Gasteiger partial charge in [-0.15, -0.1) is 0 Å². The lowest BCUT2D eigenvalue weighted by molar-refractivity contribution is -0.0386. The number of β-amino-alcohol motifs (C(OH)–C–C–N with tert-alkyl or cyclic N) is 1. The summed E-state index contributed by atoms with van der Waals surface area (Å²) >= 11 is 2.34. The first-order valence-electron chi connectivity index (χ1n) is 8.30. The second-order valence-corrected chi connectivity index (χ2v) is 7.62. The molecule has 1 N–H and O–H groups in total. The van der Waals surface area contributed by atoms with Crippen molar-refractivity contribution in [1.82, 2.24) is 4.98 Å². The SMILES string of the molecule is CC(C)O[C@@H]1CN(c2ccc(I)c(Cc3ccccc3)n2)C[C@@H]1O. The number of rotatable bonds is 5. The molecule has 0 aliphatic carbocycles. The molecule has 0 saturated carbocycles. The van der Waals surface area contributed by atoms with Crippen molar-refractivity contribution < 1.29 is 9.84 Å². The number of pyridine rings is 1. The molecule has 0 unspecified atom stereocenters. The summed E-state index contributed by atoms with van der Waals surface area (Å²) in [5, 5.41) is 10.2. The number of benzene rings is 1. The minimum atomic E-state index is -0.467. The second kappa shape index (κ2) is 7.80. The molecule has 1 aromatic heterocycles. The van der Waals surface area contributed by atoms with Gasteiger partial charge in [0.1, 0.15) is 11.9 Å². The van der Waals surface area contributed by atoms with Gasteiger partial charge in [-0.1, -0.05) is 30.3 Å². The molecule has 1 aliphatic heterocycles. The third-order valence-corrected chi connectivity index (χ3v) is 5.11. The van der Waals surface area contributed by atoms with Crippen molar-refractivity contribution in [2.45, 2.75) is 38.6 Å². The lowest BCUT2D eigenvalue weighted by Crippen LogP contribution is -2.29. The van der Waals surface area contributed by atoms with E-state index < -0.39 is 6.10 Å². The third-order valence-electron chi connectivity index (χ3n) is 4.13. The molecule has 1 aromatic carbocycles. The van der Waals surface area contributed by atoms with Crippen molar-refractivity contribution in [3.8, 4) is 0 Å². The van der Waals surface area contributed by atoms with Crippen molar-refractivity contribution in [2.24, 2.45) is 0 Å². The van der Waals surface area contributed by atoms with Crippen molar-refractivity contribution in [3.63, 3.8) is 0 Å². The van der Waals surface area contributed by atoms with E-state index in [4.69, 9.17) is 9.72 Å². The fraction of sp³-hybridized carbons (Fsp3) is 0.421. The quantitative estimate of drug-likeness (QED) is 0.729. The highest BCUT2D eigenvalue weighted by Crippen LogP contribution is 2.24. The first kappa shape index (κ1) is 17.6. The highest BCUT2D eigenvalue weighted by molar-refractivity contribution is 14.1. The molecule has 0 radical (unpaired) electrons. The van der Waals surface area contributed by atoms with Crippen LogP contribution >= 0.6 is 22.6 Å². The molecule has 2 aromatic rings. The maximum Gasteiger partial charge on any atom is 0.129 e. The Morgan fingerprint density at radius 3 is 2.67 bits per heavy atom. The molecule has 0 amide bonds. The van der Waals surface area contributed by atoms with Crippen LogP contribution in [0.2, 0.25) is 0 Å². The summed E-state index contributed by atoms with van der Waals surface area (Å²) in [5.41, 5.74) is 2.32. The Kier molecular flexibility index (Phi) is 5.73. The van der Waals surface area contributed by atoms with Gasteiger partial charge in [-0.2, -0.15) is 0 Å². The molecule has 2 atom stereocenters. The van der Waals surface area contributed by atoms with E-state index in [1.165, 1.54) is 5.56 Å². The van der Waals surface area contributed by atoms with Crippen LogP contribution in [-0.4, -0.2) is 41.5 Å². The predicted molar refractivity (Wildman–Crippen MR) is 104 cm³/mol. The van der Waals surface area contributed by atoms with E-state index >= 15 is 0 Å². The van der Waals surface area contributed by atoms with Crippen molar-refractivity contribution in [1.29, 1.82) is 0 Å². The Labute approximate surface area is 157 Å². The van der Waals surface area contributed by atoms with Gasteiger partial charge < -0.3 is 14.7 Å². The van der Waals surface area contributed by atoms with Crippen LogP contribution in [-0.2, 0) is 11.2 Å². The standard InChI is InChI=1S/C19H23IN2O2/c1-13(2)24-18-12-22(11-17(18)23)19-9-8-15(20)16(21-19)10-14-6-4-3-5-7-14/h3-9,13,17-18,23H,10-12H2,1-2H3/t17-,18+/m0/s1. The highest BCUT2D eigenvalue weighted by atomic mass is 127. The molecule has 2 heterocycles. The molecular weight excluding hydrogens is 415 g/mol. The maximum atomic E-state index is 10.2. The van der Waals surface area contributed by atoms with Gasteiger partial charge in [0.05, 0.1) is 17.9 Å². The molecule has 3 rings (SSSR count). The number of nitrogens with zero attached hydrogens (tertiary/aromatic N) is 2. The van der Waals surface area contributed by atoms with Gasteiger partial charge in [-0.3, -0.25) is 0 Å². The first-order valence-corrected chi connectivity index (χ1v) is 9.38. The lowest BCUT2D eigenvalue weighted by atomic mass is 10.1. The molecule has 1 fully saturated rings. The Morgan fingerprint density at radius 1 is 1.21 bits per heavy atom. The zero-order valence-corrected chi connectivity index (χ0v) is 16.2. The van der Waals surface area contributed by atoms with Gasteiger partial charge in [0, 0.05) is 23.1 Å². The Balaban J connectivity index is 1.76. The van der Waals surface area contributed by atoms with Crippen LogP contribution in [0.4, 0.5) is 5.82 Å². The van der Waals surface area contributed by atoms with Crippen LogP contribution in [0.5, 0.6) is 0 Å². The number of ether oxygens (including phenoxy) is 1. The zero-order valence-electron chi connectivity index (χ0n) is 14.0. The Hall–Kier alpha value is -1.18. The van der Waals surface area contributed by atoms with Crippen LogP contribution in [0.25, 0.3) is 0 Å². The van der Waals surface area contributed by atoms with Crippen LogP contribution in [0, 0.1) is 3.57 Å². The largest absolute Gasteiger partial charge is 0.388 e. The topological polar surface area (TPSA) is 45.6 Å². The minimum absolute atomic E-state index is 0.114. The minimum Gasteiger partial charge on any atom is -0.388 e. The number of aliphatic hydroxyl groups excluding tert-OH is 1. The van der Waals surface area contributed by atoms with Gasteiger partial charge in [0.15, 0.2) is 0 Å². The van der Waals surface area contributed by atoms with Crippen molar-refractivity contribution >= 4 is 28.4 Å². The van der Waals surface area contributed by atoms with E-state index in [9.17, 15) is 5.11 Å². The number of aliphatic hydroxyl groups is 1. The summed E-state index contributed by atoms with van der Waals surface area (Å²) in [6.45, 7) is 5.24. The van der Waals surface area contributed by atoms with E-state index in [-0.39, 0.29) is 12.2 Å². The number of halogens is 1. The number of hydrogen-bond acceptors (Lipinski definition) is 4. The molecule has 0 bridgehead atoms. The number of aromatic nitrogens is 1. The molecular formula is C19H23IN2O2. The average molecular weight is 438 g/mol. The van der Waals surface area contributed by atoms with E-state index in [1.807, 2.05) is 26.0 Å². The van der Waals surface area contributed by atoms with Gasteiger partial charge in [-0.25, -0.2) is 4.98 Å². The Bertz CT molecular complexity index is 678. The third kappa shape index (κ3) is 4.26. The average Bonchev–Trinajstić information content (AvgIpc) is 2.91. The molecule has 1 aliphatic rings.